The maximum atomic E-state index is 12.0. The molecule has 0 radical (unpaired) electrons. The summed E-state index contributed by atoms with van der Waals surface area (Å²) >= 11 is 0. The van der Waals surface area contributed by atoms with E-state index in [-0.39, 0.29) is 5.91 Å². The molecule has 0 spiro atoms. The Morgan fingerprint density at radius 1 is 1.27 bits per heavy atom. The number of carbonyl (C=O) groups excluding carboxylic acids is 1. The number of hydrogen-bond acceptors (Lipinski definition) is 3. The van der Waals surface area contributed by atoms with Gasteiger partial charge in [0.15, 0.2) is 6.10 Å². The van der Waals surface area contributed by atoms with Gasteiger partial charge in [-0.2, -0.15) is 0 Å². The van der Waals surface area contributed by atoms with Crippen molar-refractivity contribution in [3.63, 3.8) is 0 Å². The van der Waals surface area contributed by atoms with Crippen LogP contribution in [0.5, 0.6) is 5.75 Å². The molecular weight excluding hydrogens is 276 g/mol. The summed E-state index contributed by atoms with van der Waals surface area (Å²) in [4.78, 5) is 14.1. The third-order valence-corrected chi connectivity index (χ3v) is 4.08. The van der Waals surface area contributed by atoms with Gasteiger partial charge in [-0.3, -0.25) is 4.79 Å². The molecule has 4 nitrogen and oxygen atoms in total. The van der Waals surface area contributed by atoms with E-state index in [0.29, 0.717) is 6.54 Å². The molecule has 0 bridgehead atoms. The largest absolute Gasteiger partial charge is 0.481 e. The monoisotopic (exact) mass is 304 g/mol. The topological polar surface area (TPSA) is 41.6 Å². The van der Waals surface area contributed by atoms with E-state index in [4.69, 9.17) is 4.74 Å². The number of aryl methyl sites for hydroxylation is 2. The Kier molecular flexibility index (Phi) is 6.25. The first-order valence-corrected chi connectivity index (χ1v) is 8.27. The SMILES string of the molecule is CC(Oc1ccc2c(c1)CCCC2)C(=O)NCCCN(C)C. The summed E-state index contributed by atoms with van der Waals surface area (Å²) < 4.78 is 5.80. The molecule has 1 aromatic carbocycles. The zero-order chi connectivity index (χ0) is 15.9. The molecule has 0 aliphatic heterocycles. The second-order valence-corrected chi connectivity index (χ2v) is 6.35. The van der Waals surface area contributed by atoms with Crippen molar-refractivity contribution >= 4 is 5.91 Å². The first-order valence-electron chi connectivity index (χ1n) is 8.27. The lowest BCUT2D eigenvalue weighted by molar-refractivity contribution is -0.127. The van der Waals surface area contributed by atoms with Crippen molar-refractivity contribution in [1.29, 1.82) is 0 Å². The summed E-state index contributed by atoms with van der Waals surface area (Å²) in [5, 5.41) is 2.93. The summed E-state index contributed by atoms with van der Waals surface area (Å²) in [6.07, 6.45) is 5.30. The van der Waals surface area contributed by atoms with Crippen LogP contribution < -0.4 is 10.1 Å². The molecule has 0 aromatic heterocycles. The molecule has 1 unspecified atom stereocenters. The fourth-order valence-corrected chi connectivity index (χ4v) is 2.79. The third-order valence-electron chi connectivity index (χ3n) is 4.08. The van der Waals surface area contributed by atoms with E-state index in [1.807, 2.05) is 20.2 Å². The van der Waals surface area contributed by atoms with Crippen molar-refractivity contribution in [1.82, 2.24) is 10.2 Å². The number of benzene rings is 1. The normalized spacial score (nSPS) is 15.3. The number of fused-ring (bicyclic) bond motifs is 1. The third kappa shape index (κ3) is 5.02. The van der Waals surface area contributed by atoms with Crippen molar-refractivity contribution in [2.75, 3.05) is 27.2 Å². The van der Waals surface area contributed by atoms with Crippen molar-refractivity contribution in [2.45, 2.75) is 45.1 Å². The predicted molar refractivity (Wildman–Crippen MR) is 89.4 cm³/mol. The summed E-state index contributed by atoms with van der Waals surface area (Å²) in [6.45, 7) is 3.47. The van der Waals surface area contributed by atoms with Crippen LogP contribution in [0.4, 0.5) is 0 Å². The van der Waals surface area contributed by atoms with Crippen LogP contribution in [-0.2, 0) is 17.6 Å². The number of amides is 1. The Bertz CT molecular complexity index is 500. The molecule has 0 saturated carbocycles. The maximum Gasteiger partial charge on any atom is 0.260 e. The van der Waals surface area contributed by atoms with Gasteiger partial charge in [-0.1, -0.05) is 6.07 Å². The molecule has 1 amide bonds. The van der Waals surface area contributed by atoms with E-state index >= 15 is 0 Å². The first-order chi connectivity index (χ1) is 10.6. The van der Waals surface area contributed by atoms with Gasteiger partial charge in [-0.15, -0.1) is 0 Å². The van der Waals surface area contributed by atoms with E-state index in [1.54, 1.807) is 6.92 Å². The zero-order valence-corrected chi connectivity index (χ0v) is 14.0. The van der Waals surface area contributed by atoms with Crippen molar-refractivity contribution in [3.8, 4) is 5.75 Å². The number of ether oxygens (including phenoxy) is 1. The van der Waals surface area contributed by atoms with Gasteiger partial charge in [0.25, 0.3) is 5.91 Å². The molecule has 0 saturated heterocycles. The minimum atomic E-state index is -0.457. The highest BCUT2D eigenvalue weighted by molar-refractivity contribution is 5.80. The van der Waals surface area contributed by atoms with Gasteiger partial charge < -0.3 is 15.0 Å². The average Bonchev–Trinajstić information content (AvgIpc) is 2.51. The van der Waals surface area contributed by atoms with Gasteiger partial charge in [0.05, 0.1) is 0 Å². The van der Waals surface area contributed by atoms with Gasteiger partial charge in [-0.05, 0) is 82.9 Å². The highest BCUT2D eigenvalue weighted by Crippen LogP contribution is 2.25. The van der Waals surface area contributed by atoms with Gasteiger partial charge in [0.1, 0.15) is 5.75 Å². The van der Waals surface area contributed by atoms with E-state index in [2.05, 4.69) is 22.3 Å². The van der Waals surface area contributed by atoms with E-state index in [1.165, 1.54) is 24.0 Å². The minimum Gasteiger partial charge on any atom is -0.481 e. The van der Waals surface area contributed by atoms with Crippen LogP contribution in [0.25, 0.3) is 0 Å². The molecule has 1 atom stereocenters. The Morgan fingerprint density at radius 2 is 2.00 bits per heavy atom. The lowest BCUT2D eigenvalue weighted by atomic mass is 9.92. The lowest BCUT2D eigenvalue weighted by Gasteiger charge is -2.19. The van der Waals surface area contributed by atoms with Gasteiger partial charge in [-0.25, -0.2) is 0 Å². The maximum absolute atomic E-state index is 12.0. The molecular formula is C18H28N2O2. The fourth-order valence-electron chi connectivity index (χ4n) is 2.79. The summed E-state index contributed by atoms with van der Waals surface area (Å²) in [7, 11) is 4.06. The molecule has 4 heteroatoms. The quantitative estimate of drug-likeness (QED) is 0.787. The first kappa shape index (κ1) is 16.8. The fraction of sp³-hybridized carbons (Fsp3) is 0.611. The predicted octanol–water partition coefficient (Wildman–Crippen LogP) is 2.40. The standard InChI is InChI=1S/C18H28N2O2/c1-14(18(21)19-11-6-12-20(2)3)22-17-10-9-15-7-4-5-8-16(15)13-17/h9-10,13-14H,4-8,11-12H2,1-3H3,(H,19,21). The van der Waals surface area contributed by atoms with Crippen LogP contribution in [-0.4, -0.2) is 44.1 Å². The molecule has 2 rings (SSSR count). The summed E-state index contributed by atoms with van der Waals surface area (Å²) in [5.74, 6) is 0.757. The van der Waals surface area contributed by atoms with Crippen molar-refractivity contribution < 1.29 is 9.53 Å². The Balaban J connectivity index is 1.80. The van der Waals surface area contributed by atoms with Gasteiger partial charge >= 0.3 is 0 Å². The highest BCUT2D eigenvalue weighted by atomic mass is 16.5. The molecule has 22 heavy (non-hydrogen) atoms. The number of rotatable bonds is 7. The number of carbonyl (C=O) groups is 1. The zero-order valence-electron chi connectivity index (χ0n) is 14.0. The number of nitrogens with one attached hydrogen (secondary N) is 1. The van der Waals surface area contributed by atoms with E-state index in [0.717, 1.165) is 31.6 Å². The molecule has 0 heterocycles. The molecule has 1 aliphatic rings. The van der Waals surface area contributed by atoms with E-state index in [9.17, 15) is 4.79 Å². The van der Waals surface area contributed by atoms with Gasteiger partial charge in [0, 0.05) is 6.54 Å². The van der Waals surface area contributed by atoms with Crippen LogP contribution in [0.1, 0.15) is 37.3 Å². The summed E-state index contributed by atoms with van der Waals surface area (Å²) in [5.41, 5.74) is 2.81. The molecule has 1 aliphatic carbocycles. The number of hydrogen-bond donors (Lipinski definition) is 1. The van der Waals surface area contributed by atoms with Crippen LogP contribution in [0.3, 0.4) is 0 Å². The Morgan fingerprint density at radius 3 is 2.73 bits per heavy atom. The summed E-state index contributed by atoms with van der Waals surface area (Å²) in [6, 6.07) is 6.23. The second kappa shape index (κ2) is 8.18. The van der Waals surface area contributed by atoms with Crippen molar-refractivity contribution in [3.05, 3.63) is 29.3 Å². The average molecular weight is 304 g/mol. The molecule has 122 valence electrons. The lowest BCUT2D eigenvalue weighted by Crippen LogP contribution is -2.37. The van der Waals surface area contributed by atoms with Crippen LogP contribution >= 0.6 is 0 Å². The second-order valence-electron chi connectivity index (χ2n) is 6.35. The van der Waals surface area contributed by atoms with Crippen LogP contribution in [0.15, 0.2) is 18.2 Å². The highest BCUT2D eigenvalue weighted by Gasteiger charge is 2.16. The Labute approximate surface area is 133 Å². The Hall–Kier alpha value is -1.55. The van der Waals surface area contributed by atoms with Crippen molar-refractivity contribution in [2.24, 2.45) is 0 Å². The molecule has 1 aromatic rings. The molecule has 1 N–H and O–H groups in total. The van der Waals surface area contributed by atoms with Crippen LogP contribution in [0.2, 0.25) is 0 Å². The van der Waals surface area contributed by atoms with Gasteiger partial charge in [0.2, 0.25) is 0 Å². The smallest absolute Gasteiger partial charge is 0.260 e. The van der Waals surface area contributed by atoms with E-state index < -0.39 is 6.10 Å². The minimum absolute atomic E-state index is 0.0449. The van der Waals surface area contributed by atoms with Crippen LogP contribution in [0, 0.1) is 0 Å². The number of nitrogens with zero attached hydrogens (tertiary/aromatic N) is 1. The molecule has 0 fully saturated rings.